The Morgan fingerprint density at radius 2 is 2.27 bits per heavy atom. The lowest BCUT2D eigenvalue weighted by molar-refractivity contribution is 0.157. The van der Waals surface area contributed by atoms with Crippen LogP contribution in [0.5, 0.6) is 0 Å². The van der Waals surface area contributed by atoms with Crippen LogP contribution in [0.2, 0.25) is 0 Å². The van der Waals surface area contributed by atoms with Crippen molar-refractivity contribution in [2.45, 2.75) is 25.9 Å². The number of aryl methyl sites for hydroxylation is 1. The Morgan fingerprint density at radius 3 is 2.73 bits per heavy atom. The lowest BCUT2D eigenvalue weighted by atomic mass is 10.2. The standard InChI is InChI=1S/C9H12OS/c1-6-2-5-8(11-6)9(10)7-3-4-7/h2,5,7,9-10H,3-4H2,1H3. The minimum Gasteiger partial charge on any atom is -0.387 e. The van der Waals surface area contributed by atoms with E-state index in [4.69, 9.17) is 0 Å². The first-order valence-electron chi connectivity index (χ1n) is 4.02. The molecular weight excluding hydrogens is 156 g/mol. The molecule has 0 radical (unpaired) electrons. The zero-order valence-electron chi connectivity index (χ0n) is 6.58. The van der Waals surface area contributed by atoms with E-state index in [2.05, 4.69) is 13.0 Å². The lowest BCUT2D eigenvalue weighted by Gasteiger charge is -2.04. The van der Waals surface area contributed by atoms with E-state index in [0.29, 0.717) is 5.92 Å². The van der Waals surface area contributed by atoms with Gasteiger partial charge in [0.05, 0.1) is 6.10 Å². The Balaban J connectivity index is 2.14. The van der Waals surface area contributed by atoms with E-state index >= 15 is 0 Å². The molecule has 0 aromatic carbocycles. The fourth-order valence-corrected chi connectivity index (χ4v) is 2.21. The summed E-state index contributed by atoms with van der Waals surface area (Å²) in [6.07, 6.45) is 2.24. The predicted molar refractivity (Wildman–Crippen MR) is 46.7 cm³/mol. The van der Waals surface area contributed by atoms with Crippen molar-refractivity contribution in [3.8, 4) is 0 Å². The van der Waals surface area contributed by atoms with Crippen molar-refractivity contribution in [2.75, 3.05) is 0 Å². The van der Waals surface area contributed by atoms with E-state index in [-0.39, 0.29) is 6.10 Å². The number of aliphatic hydroxyl groups is 1. The van der Waals surface area contributed by atoms with Crippen molar-refractivity contribution in [3.63, 3.8) is 0 Å². The van der Waals surface area contributed by atoms with Crippen LogP contribution in [0.4, 0.5) is 0 Å². The number of rotatable bonds is 2. The Hall–Kier alpha value is -0.340. The molecule has 0 amide bonds. The highest BCUT2D eigenvalue weighted by atomic mass is 32.1. The fraction of sp³-hybridized carbons (Fsp3) is 0.556. The second-order valence-electron chi connectivity index (χ2n) is 3.23. The lowest BCUT2D eigenvalue weighted by Crippen LogP contribution is -1.95. The molecule has 1 aliphatic rings. The summed E-state index contributed by atoms with van der Waals surface area (Å²) in [6.45, 7) is 2.08. The summed E-state index contributed by atoms with van der Waals surface area (Å²) in [5.74, 6) is 0.563. The van der Waals surface area contributed by atoms with Crippen molar-refractivity contribution in [1.29, 1.82) is 0 Å². The minimum absolute atomic E-state index is 0.173. The predicted octanol–water partition coefficient (Wildman–Crippen LogP) is 2.50. The van der Waals surface area contributed by atoms with Gasteiger partial charge in [-0.15, -0.1) is 11.3 Å². The summed E-state index contributed by atoms with van der Waals surface area (Å²) >= 11 is 1.71. The Labute approximate surface area is 70.7 Å². The molecule has 0 spiro atoms. The number of aliphatic hydroxyl groups excluding tert-OH is 1. The average molecular weight is 168 g/mol. The fourth-order valence-electron chi connectivity index (χ4n) is 1.26. The smallest absolute Gasteiger partial charge is 0.0910 e. The van der Waals surface area contributed by atoms with E-state index in [0.717, 1.165) is 4.88 Å². The second-order valence-corrected chi connectivity index (χ2v) is 4.55. The summed E-state index contributed by atoms with van der Waals surface area (Å²) in [6, 6.07) is 4.12. The summed E-state index contributed by atoms with van der Waals surface area (Å²) < 4.78 is 0. The summed E-state index contributed by atoms with van der Waals surface area (Å²) in [5, 5.41) is 9.68. The third kappa shape index (κ3) is 1.47. The number of hydrogen-bond acceptors (Lipinski definition) is 2. The van der Waals surface area contributed by atoms with Gasteiger partial charge < -0.3 is 5.11 Å². The minimum atomic E-state index is -0.173. The molecule has 1 aromatic heterocycles. The molecule has 1 atom stereocenters. The highest BCUT2D eigenvalue weighted by molar-refractivity contribution is 7.12. The van der Waals surface area contributed by atoms with Crippen molar-refractivity contribution in [1.82, 2.24) is 0 Å². The second kappa shape index (κ2) is 2.61. The Bertz CT molecular complexity index is 250. The van der Waals surface area contributed by atoms with Crippen LogP contribution in [0.25, 0.3) is 0 Å². The van der Waals surface area contributed by atoms with Gasteiger partial charge in [0.15, 0.2) is 0 Å². The molecular formula is C9H12OS. The number of thiophene rings is 1. The van der Waals surface area contributed by atoms with Crippen LogP contribution in [0.15, 0.2) is 12.1 Å². The maximum absolute atomic E-state index is 9.68. The van der Waals surface area contributed by atoms with Gasteiger partial charge in [0.25, 0.3) is 0 Å². The van der Waals surface area contributed by atoms with Crippen LogP contribution in [0, 0.1) is 12.8 Å². The van der Waals surface area contributed by atoms with Gasteiger partial charge in [0.1, 0.15) is 0 Å². The van der Waals surface area contributed by atoms with Crippen molar-refractivity contribution in [2.24, 2.45) is 5.92 Å². The van der Waals surface area contributed by atoms with E-state index in [9.17, 15) is 5.11 Å². The quantitative estimate of drug-likeness (QED) is 0.719. The highest BCUT2D eigenvalue weighted by Gasteiger charge is 2.31. The zero-order valence-corrected chi connectivity index (χ0v) is 7.40. The first-order chi connectivity index (χ1) is 5.27. The molecule has 11 heavy (non-hydrogen) atoms. The van der Waals surface area contributed by atoms with E-state index < -0.39 is 0 Å². The van der Waals surface area contributed by atoms with Gasteiger partial charge in [0.2, 0.25) is 0 Å². The average Bonchev–Trinajstić information content (AvgIpc) is 2.74. The van der Waals surface area contributed by atoms with Crippen LogP contribution >= 0.6 is 11.3 Å². The maximum Gasteiger partial charge on any atom is 0.0910 e. The number of hydrogen-bond donors (Lipinski definition) is 1. The van der Waals surface area contributed by atoms with E-state index in [1.165, 1.54) is 17.7 Å². The monoisotopic (exact) mass is 168 g/mol. The summed E-state index contributed by atoms with van der Waals surface area (Å²) in [5.41, 5.74) is 0. The van der Waals surface area contributed by atoms with Gasteiger partial charge in [-0.05, 0) is 37.8 Å². The molecule has 1 aliphatic carbocycles. The molecule has 0 saturated heterocycles. The molecule has 1 aromatic rings. The van der Waals surface area contributed by atoms with Gasteiger partial charge in [-0.1, -0.05) is 0 Å². The molecule has 1 heterocycles. The summed E-state index contributed by atoms with van der Waals surface area (Å²) in [4.78, 5) is 2.43. The molecule has 0 bridgehead atoms. The molecule has 1 fully saturated rings. The van der Waals surface area contributed by atoms with Gasteiger partial charge in [-0.25, -0.2) is 0 Å². The first-order valence-corrected chi connectivity index (χ1v) is 4.83. The van der Waals surface area contributed by atoms with Crippen LogP contribution in [0.1, 0.15) is 28.7 Å². The van der Waals surface area contributed by atoms with Crippen molar-refractivity contribution in [3.05, 3.63) is 21.9 Å². The van der Waals surface area contributed by atoms with Crippen LogP contribution < -0.4 is 0 Å². The van der Waals surface area contributed by atoms with Crippen molar-refractivity contribution < 1.29 is 5.11 Å². The maximum atomic E-state index is 9.68. The Morgan fingerprint density at radius 1 is 1.55 bits per heavy atom. The summed E-state index contributed by atoms with van der Waals surface area (Å²) in [7, 11) is 0. The molecule has 1 N–H and O–H groups in total. The Kier molecular flexibility index (Phi) is 1.74. The van der Waals surface area contributed by atoms with E-state index in [1.54, 1.807) is 11.3 Å². The molecule has 2 rings (SSSR count). The largest absolute Gasteiger partial charge is 0.387 e. The highest BCUT2D eigenvalue weighted by Crippen LogP contribution is 2.42. The van der Waals surface area contributed by atoms with Crippen LogP contribution in [-0.2, 0) is 0 Å². The van der Waals surface area contributed by atoms with Crippen LogP contribution in [0.3, 0.4) is 0 Å². The molecule has 1 saturated carbocycles. The third-order valence-corrected chi connectivity index (χ3v) is 3.19. The van der Waals surface area contributed by atoms with Gasteiger partial charge >= 0.3 is 0 Å². The molecule has 1 unspecified atom stereocenters. The SMILES string of the molecule is Cc1ccc(C(O)C2CC2)s1. The van der Waals surface area contributed by atoms with Crippen molar-refractivity contribution >= 4 is 11.3 Å². The molecule has 1 nitrogen and oxygen atoms in total. The van der Waals surface area contributed by atoms with Gasteiger partial charge in [-0.3, -0.25) is 0 Å². The normalized spacial score (nSPS) is 20.2. The van der Waals surface area contributed by atoms with Crippen LogP contribution in [-0.4, -0.2) is 5.11 Å². The molecule has 0 aliphatic heterocycles. The first kappa shape index (κ1) is 7.32. The van der Waals surface area contributed by atoms with Gasteiger partial charge in [0, 0.05) is 9.75 Å². The van der Waals surface area contributed by atoms with Gasteiger partial charge in [-0.2, -0.15) is 0 Å². The van der Waals surface area contributed by atoms with E-state index in [1.807, 2.05) is 6.07 Å². The third-order valence-electron chi connectivity index (χ3n) is 2.12. The zero-order chi connectivity index (χ0) is 7.84. The molecule has 60 valence electrons. The molecule has 2 heteroatoms. The topological polar surface area (TPSA) is 20.2 Å².